The lowest BCUT2D eigenvalue weighted by Crippen LogP contribution is -2.24. The zero-order valence-electron chi connectivity index (χ0n) is 19.3. The van der Waals surface area contributed by atoms with Gasteiger partial charge in [-0.2, -0.15) is 5.10 Å². The number of ether oxygens (including phenoxy) is 1. The average Bonchev–Trinajstić information content (AvgIpc) is 3.34. The predicted molar refractivity (Wildman–Crippen MR) is 123 cm³/mol. The molecular formula is C26H20F4N4O2. The van der Waals surface area contributed by atoms with Crippen LogP contribution in [0.15, 0.2) is 54.9 Å². The summed E-state index contributed by atoms with van der Waals surface area (Å²) in [6.45, 7) is 2.03. The fraction of sp³-hybridized carbons (Fsp3) is 0.192. The van der Waals surface area contributed by atoms with E-state index in [4.69, 9.17) is 4.74 Å². The molecule has 5 rings (SSSR count). The Hall–Kier alpha value is -4.21. The molecule has 0 spiro atoms. The van der Waals surface area contributed by atoms with Crippen molar-refractivity contribution in [3.63, 3.8) is 0 Å². The molecule has 1 aliphatic heterocycles. The third-order valence-corrected chi connectivity index (χ3v) is 6.02. The van der Waals surface area contributed by atoms with E-state index in [1.54, 1.807) is 29.9 Å². The van der Waals surface area contributed by atoms with Crippen molar-refractivity contribution in [3.05, 3.63) is 94.4 Å². The van der Waals surface area contributed by atoms with Gasteiger partial charge in [-0.25, -0.2) is 22.5 Å². The summed E-state index contributed by atoms with van der Waals surface area (Å²) in [7, 11) is 1.79. The number of aromatic nitrogens is 3. The number of halogens is 4. The number of hydrogen-bond acceptors (Lipinski definition) is 4. The number of benzene rings is 2. The Morgan fingerprint density at radius 2 is 1.89 bits per heavy atom. The first-order valence-electron chi connectivity index (χ1n) is 11.0. The number of rotatable bonds is 6. The van der Waals surface area contributed by atoms with E-state index in [2.05, 4.69) is 10.1 Å². The number of carbonyl (C=O) groups is 1. The monoisotopic (exact) mass is 496 g/mol. The molecule has 6 nitrogen and oxygen atoms in total. The minimum absolute atomic E-state index is 0.00251. The van der Waals surface area contributed by atoms with Gasteiger partial charge in [-0.05, 0) is 48.4 Å². The Morgan fingerprint density at radius 3 is 2.56 bits per heavy atom. The molecule has 1 amide bonds. The maximum Gasteiger partial charge on any atom is 0.263 e. The largest absolute Gasteiger partial charge is 0.435 e. The van der Waals surface area contributed by atoms with Crippen molar-refractivity contribution >= 4 is 5.91 Å². The van der Waals surface area contributed by atoms with Crippen molar-refractivity contribution in [3.8, 4) is 22.8 Å². The van der Waals surface area contributed by atoms with Crippen LogP contribution < -0.4 is 4.74 Å². The van der Waals surface area contributed by atoms with Gasteiger partial charge >= 0.3 is 0 Å². The van der Waals surface area contributed by atoms with Gasteiger partial charge in [0.2, 0.25) is 5.88 Å². The molecule has 0 bridgehead atoms. The molecule has 0 saturated heterocycles. The number of nitrogens with zero attached hydrogens (tertiary/aromatic N) is 4. The van der Waals surface area contributed by atoms with Gasteiger partial charge in [-0.1, -0.05) is 12.1 Å². The summed E-state index contributed by atoms with van der Waals surface area (Å²) in [6, 6.07) is 9.23. The van der Waals surface area contributed by atoms with E-state index in [0.717, 1.165) is 23.4 Å². The van der Waals surface area contributed by atoms with Crippen LogP contribution in [0.4, 0.5) is 17.6 Å². The molecule has 36 heavy (non-hydrogen) atoms. The summed E-state index contributed by atoms with van der Waals surface area (Å²) in [6.07, 6.45) is 0.385. The SMILES string of the molecule is Cc1nn(C)cc1-c1ccc(CN2Cc3ccnc(Oc4ccc(C(F)F)cc4F)c3C2=O)c(F)c1. The number of hydrogen-bond donors (Lipinski definition) is 0. The Balaban J connectivity index is 1.37. The average molecular weight is 496 g/mol. The highest BCUT2D eigenvalue weighted by Gasteiger charge is 2.32. The van der Waals surface area contributed by atoms with Crippen LogP contribution in [0.5, 0.6) is 11.6 Å². The quantitative estimate of drug-likeness (QED) is 0.310. The molecule has 1 aliphatic rings. The van der Waals surface area contributed by atoms with E-state index >= 15 is 0 Å². The molecule has 10 heteroatoms. The molecule has 0 unspecified atom stereocenters. The molecule has 4 aromatic rings. The summed E-state index contributed by atoms with van der Waals surface area (Å²) in [5.74, 6) is -2.40. The summed E-state index contributed by atoms with van der Waals surface area (Å²) in [4.78, 5) is 18.6. The van der Waals surface area contributed by atoms with Gasteiger partial charge in [-0.15, -0.1) is 0 Å². The maximum atomic E-state index is 15.0. The summed E-state index contributed by atoms with van der Waals surface area (Å²) in [5, 5.41) is 4.28. The topological polar surface area (TPSA) is 60.3 Å². The molecular weight excluding hydrogens is 476 g/mol. The molecule has 0 N–H and O–H groups in total. The maximum absolute atomic E-state index is 15.0. The summed E-state index contributed by atoms with van der Waals surface area (Å²) < 4.78 is 62.1. The summed E-state index contributed by atoms with van der Waals surface area (Å²) >= 11 is 0. The number of amides is 1. The minimum Gasteiger partial charge on any atom is -0.435 e. The van der Waals surface area contributed by atoms with Gasteiger partial charge in [0.05, 0.1) is 5.69 Å². The molecule has 0 fully saturated rings. The van der Waals surface area contributed by atoms with Crippen LogP contribution >= 0.6 is 0 Å². The van der Waals surface area contributed by atoms with Gasteiger partial charge in [0.25, 0.3) is 12.3 Å². The normalized spacial score (nSPS) is 13.0. The Labute approximate surface area is 203 Å². The smallest absolute Gasteiger partial charge is 0.263 e. The van der Waals surface area contributed by atoms with Crippen LogP contribution in [0.3, 0.4) is 0 Å². The summed E-state index contributed by atoms with van der Waals surface area (Å²) in [5.41, 5.74) is 2.81. The molecule has 2 aromatic carbocycles. The molecule has 184 valence electrons. The standard InChI is InChI=1S/C26H20F4N4O2/c1-14-19(13-33(2)32-14)15-3-4-17(20(27)9-15)11-34-12-18-7-8-31-25(23(18)26(34)35)36-22-6-5-16(24(29)30)10-21(22)28/h3-10,13,24H,11-12H2,1-2H3. The zero-order valence-corrected chi connectivity index (χ0v) is 19.3. The Morgan fingerprint density at radius 1 is 1.08 bits per heavy atom. The third kappa shape index (κ3) is 4.30. The van der Waals surface area contributed by atoms with Gasteiger partial charge < -0.3 is 9.64 Å². The molecule has 0 aliphatic carbocycles. The van der Waals surface area contributed by atoms with Crippen LogP contribution in [0, 0.1) is 18.6 Å². The van der Waals surface area contributed by atoms with E-state index in [9.17, 15) is 22.4 Å². The van der Waals surface area contributed by atoms with Crippen LogP contribution in [0.25, 0.3) is 11.1 Å². The number of alkyl halides is 2. The van der Waals surface area contributed by atoms with E-state index < -0.39 is 29.5 Å². The molecule has 2 aromatic heterocycles. The first kappa shape index (κ1) is 23.5. The zero-order chi connectivity index (χ0) is 25.6. The van der Waals surface area contributed by atoms with Crippen molar-refractivity contribution < 1.29 is 27.1 Å². The predicted octanol–water partition coefficient (Wildman–Crippen LogP) is 5.95. The highest BCUT2D eigenvalue weighted by molar-refractivity contribution is 6.00. The molecule has 0 radical (unpaired) electrons. The van der Waals surface area contributed by atoms with Crippen molar-refractivity contribution in [2.24, 2.45) is 7.05 Å². The number of pyridine rings is 1. The second-order valence-corrected chi connectivity index (χ2v) is 8.51. The van der Waals surface area contributed by atoms with Crippen molar-refractivity contribution in [2.75, 3.05) is 0 Å². The van der Waals surface area contributed by atoms with Crippen LogP contribution in [0.2, 0.25) is 0 Å². The molecule has 0 atom stereocenters. The van der Waals surface area contributed by atoms with Gasteiger partial charge in [-0.3, -0.25) is 9.48 Å². The fourth-order valence-corrected chi connectivity index (χ4v) is 4.25. The Bertz CT molecular complexity index is 1490. The number of carbonyl (C=O) groups excluding carboxylic acids is 1. The highest BCUT2D eigenvalue weighted by atomic mass is 19.3. The molecule has 3 heterocycles. The molecule has 0 saturated carbocycles. The van der Waals surface area contributed by atoms with E-state index in [-0.39, 0.29) is 30.3 Å². The van der Waals surface area contributed by atoms with Gasteiger partial charge in [0.1, 0.15) is 11.4 Å². The third-order valence-electron chi connectivity index (χ3n) is 6.02. The fourth-order valence-electron chi connectivity index (χ4n) is 4.25. The second-order valence-electron chi connectivity index (χ2n) is 8.51. The van der Waals surface area contributed by atoms with Gasteiger partial charge in [0, 0.05) is 49.2 Å². The van der Waals surface area contributed by atoms with Gasteiger partial charge in [0.15, 0.2) is 11.6 Å². The van der Waals surface area contributed by atoms with E-state index in [0.29, 0.717) is 22.8 Å². The number of fused-ring (bicyclic) bond motifs is 1. The van der Waals surface area contributed by atoms with E-state index in [1.807, 2.05) is 13.1 Å². The lowest BCUT2D eigenvalue weighted by atomic mass is 10.0. The van der Waals surface area contributed by atoms with E-state index in [1.165, 1.54) is 17.2 Å². The van der Waals surface area contributed by atoms with Crippen molar-refractivity contribution in [1.82, 2.24) is 19.7 Å². The Kier molecular flexibility index (Phi) is 5.95. The first-order chi connectivity index (χ1) is 17.2. The first-order valence-corrected chi connectivity index (χ1v) is 11.0. The highest BCUT2D eigenvalue weighted by Crippen LogP contribution is 2.35. The van der Waals surface area contributed by atoms with Crippen LogP contribution in [-0.2, 0) is 20.1 Å². The van der Waals surface area contributed by atoms with Crippen LogP contribution in [-0.4, -0.2) is 25.6 Å². The number of aryl methyl sites for hydroxylation is 2. The van der Waals surface area contributed by atoms with Crippen molar-refractivity contribution in [2.45, 2.75) is 26.4 Å². The second kappa shape index (κ2) is 9.10. The lowest BCUT2D eigenvalue weighted by Gasteiger charge is -2.17. The minimum atomic E-state index is -2.83. The lowest BCUT2D eigenvalue weighted by molar-refractivity contribution is 0.0763. The van der Waals surface area contributed by atoms with Crippen molar-refractivity contribution in [1.29, 1.82) is 0 Å². The van der Waals surface area contributed by atoms with Crippen LogP contribution in [0.1, 0.15) is 39.2 Å².